The molecule has 0 unspecified atom stereocenters. The second kappa shape index (κ2) is 10.2. The first-order valence-electron chi connectivity index (χ1n) is 11.3. The van der Waals surface area contributed by atoms with Crippen molar-refractivity contribution < 1.29 is 23.7 Å². The highest BCUT2D eigenvalue weighted by molar-refractivity contribution is 6.17. The van der Waals surface area contributed by atoms with Gasteiger partial charge in [0.15, 0.2) is 17.3 Å². The van der Waals surface area contributed by atoms with Gasteiger partial charge in [-0.1, -0.05) is 6.42 Å². The fourth-order valence-electron chi connectivity index (χ4n) is 4.56. The summed E-state index contributed by atoms with van der Waals surface area (Å²) in [6, 6.07) is 9.24. The summed E-state index contributed by atoms with van der Waals surface area (Å²) in [5, 5.41) is 0.896. The zero-order chi connectivity index (χ0) is 23.4. The minimum Gasteiger partial charge on any atom is -0.497 e. The SMILES string of the molecule is COc1ccc2c(C(=O)c3cc(OC)c(OC)c(OC)c3)cn(CCN3CCCCC3)c2c1. The Labute approximate surface area is 194 Å². The van der Waals surface area contributed by atoms with Crippen LogP contribution in [0, 0.1) is 0 Å². The lowest BCUT2D eigenvalue weighted by molar-refractivity contribution is 0.103. The Morgan fingerprint density at radius 1 is 0.848 bits per heavy atom. The van der Waals surface area contributed by atoms with E-state index in [1.807, 2.05) is 24.4 Å². The highest BCUT2D eigenvalue weighted by Gasteiger charge is 2.22. The van der Waals surface area contributed by atoms with Crippen LogP contribution in [0.3, 0.4) is 0 Å². The van der Waals surface area contributed by atoms with Gasteiger partial charge >= 0.3 is 0 Å². The molecule has 0 aliphatic carbocycles. The summed E-state index contributed by atoms with van der Waals surface area (Å²) in [4.78, 5) is 16.2. The third kappa shape index (κ3) is 4.64. The second-order valence-corrected chi connectivity index (χ2v) is 8.26. The number of piperidine rings is 1. The molecular weight excluding hydrogens is 420 g/mol. The number of hydrogen-bond donors (Lipinski definition) is 0. The lowest BCUT2D eigenvalue weighted by atomic mass is 10.0. The summed E-state index contributed by atoms with van der Waals surface area (Å²) >= 11 is 0. The molecule has 0 bridgehead atoms. The van der Waals surface area contributed by atoms with E-state index >= 15 is 0 Å². The van der Waals surface area contributed by atoms with E-state index in [0.717, 1.165) is 42.8 Å². The Bertz CT molecular complexity index is 1110. The molecule has 33 heavy (non-hydrogen) atoms. The van der Waals surface area contributed by atoms with Crippen LogP contribution < -0.4 is 18.9 Å². The first-order chi connectivity index (χ1) is 16.1. The summed E-state index contributed by atoms with van der Waals surface area (Å²) < 4.78 is 23.9. The largest absolute Gasteiger partial charge is 0.497 e. The number of rotatable bonds is 9. The molecule has 0 atom stereocenters. The smallest absolute Gasteiger partial charge is 0.203 e. The molecule has 7 nitrogen and oxygen atoms in total. The third-order valence-electron chi connectivity index (χ3n) is 6.37. The molecule has 2 heterocycles. The van der Waals surface area contributed by atoms with Crippen LogP contribution in [0.15, 0.2) is 36.5 Å². The van der Waals surface area contributed by atoms with Crippen LogP contribution in [0.25, 0.3) is 10.9 Å². The number of ketones is 1. The van der Waals surface area contributed by atoms with Crippen molar-refractivity contribution >= 4 is 16.7 Å². The number of fused-ring (bicyclic) bond motifs is 1. The van der Waals surface area contributed by atoms with Crippen LogP contribution in [0.1, 0.15) is 35.2 Å². The van der Waals surface area contributed by atoms with Gasteiger partial charge in [0, 0.05) is 41.9 Å². The van der Waals surface area contributed by atoms with Crippen LogP contribution in [-0.2, 0) is 6.54 Å². The van der Waals surface area contributed by atoms with Crippen LogP contribution >= 0.6 is 0 Å². The van der Waals surface area contributed by atoms with Gasteiger partial charge in [0.2, 0.25) is 5.75 Å². The number of carbonyl (C=O) groups excluding carboxylic acids is 1. The monoisotopic (exact) mass is 452 g/mol. The van der Waals surface area contributed by atoms with E-state index in [1.54, 1.807) is 40.6 Å². The predicted molar refractivity (Wildman–Crippen MR) is 128 cm³/mol. The minimum atomic E-state index is -0.0962. The first-order valence-corrected chi connectivity index (χ1v) is 11.3. The maximum Gasteiger partial charge on any atom is 0.203 e. The number of hydrogen-bond acceptors (Lipinski definition) is 6. The molecule has 0 spiro atoms. The molecule has 0 amide bonds. The first kappa shape index (κ1) is 23.0. The van der Waals surface area contributed by atoms with Gasteiger partial charge in [-0.3, -0.25) is 4.79 Å². The number of carbonyl (C=O) groups is 1. The maximum atomic E-state index is 13.7. The highest BCUT2D eigenvalue weighted by atomic mass is 16.5. The highest BCUT2D eigenvalue weighted by Crippen LogP contribution is 2.39. The summed E-state index contributed by atoms with van der Waals surface area (Å²) in [6.45, 7) is 4.05. The summed E-state index contributed by atoms with van der Waals surface area (Å²) in [6.07, 6.45) is 5.78. The minimum absolute atomic E-state index is 0.0962. The maximum absolute atomic E-state index is 13.7. The Morgan fingerprint density at radius 3 is 2.15 bits per heavy atom. The lowest BCUT2D eigenvalue weighted by Crippen LogP contribution is -2.32. The molecule has 1 fully saturated rings. The molecule has 1 aliphatic heterocycles. The van der Waals surface area contributed by atoms with Crippen molar-refractivity contribution in [3.05, 3.63) is 47.7 Å². The number of nitrogens with zero attached hydrogens (tertiary/aromatic N) is 2. The van der Waals surface area contributed by atoms with Crippen LogP contribution in [0.4, 0.5) is 0 Å². The molecule has 1 saturated heterocycles. The predicted octanol–water partition coefficient (Wildman–Crippen LogP) is 4.39. The van der Waals surface area contributed by atoms with Gasteiger partial charge in [-0.2, -0.15) is 0 Å². The van der Waals surface area contributed by atoms with E-state index in [-0.39, 0.29) is 5.78 Å². The number of aromatic nitrogens is 1. The van der Waals surface area contributed by atoms with Crippen molar-refractivity contribution in [2.75, 3.05) is 48.1 Å². The topological polar surface area (TPSA) is 62.2 Å². The Kier molecular flexibility index (Phi) is 7.08. The normalized spacial score (nSPS) is 14.3. The van der Waals surface area contributed by atoms with E-state index in [1.165, 1.54) is 19.3 Å². The summed E-state index contributed by atoms with van der Waals surface area (Å²) in [7, 11) is 6.30. The van der Waals surface area contributed by atoms with Gasteiger partial charge < -0.3 is 28.4 Å². The Balaban J connectivity index is 1.73. The summed E-state index contributed by atoms with van der Waals surface area (Å²) in [5.74, 6) is 2.05. The summed E-state index contributed by atoms with van der Waals surface area (Å²) in [5.41, 5.74) is 2.11. The van der Waals surface area contributed by atoms with Crippen molar-refractivity contribution in [3.63, 3.8) is 0 Å². The number of ether oxygens (including phenoxy) is 4. The zero-order valence-corrected chi connectivity index (χ0v) is 19.8. The zero-order valence-electron chi connectivity index (χ0n) is 19.8. The van der Waals surface area contributed by atoms with E-state index in [0.29, 0.717) is 28.4 Å². The fraction of sp³-hybridized carbons (Fsp3) is 0.423. The van der Waals surface area contributed by atoms with Gasteiger partial charge in [0.1, 0.15) is 5.75 Å². The van der Waals surface area contributed by atoms with Crippen molar-refractivity contribution in [1.82, 2.24) is 9.47 Å². The Hall–Kier alpha value is -3.19. The van der Waals surface area contributed by atoms with E-state index in [2.05, 4.69) is 9.47 Å². The van der Waals surface area contributed by atoms with Crippen LogP contribution in [-0.4, -0.2) is 63.3 Å². The molecule has 176 valence electrons. The number of methoxy groups -OCH3 is 4. The van der Waals surface area contributed by atoms with Gasteiger partial charge in [0.25, 0.3) is 0 Å². The average molecular weight is 453 g/mol. The molecule has 0 saturated carbocycles. The number of benzene rings is 2. The fourth-order valence-corrected chi connectivity index (χ4v) is 4.56. The molecule has 3 aromatic rings. The molecule has 0 N–H and O–H groups in total. The van der Waals surface area contributed by atoms with Crippen molar-refractivity contribution in [2.24, 2.45) is 0 Å². The van der Waals surface area contributed by atoms with E-state index in [9.17, 15) is 4.79 Å². The molecule has 1 aliphatic rings. The molecule has 4 rings (SSSR count). The lowest BCUT2D eigenvalue weighted by Gasteiger charge is -2.26. The number of likely N-dealkylation sites (tertiary alicyclic amines) is 1. The molecular formula is C26H32N2O5. The van der Waals surface area contributed by atoms with E-state index < -0.39 is 0 Å². The molecule has 2 aromatic carbocycles. The van der Waals surface area contributed by atoms with Crippen LogP contribution in [0.5, 0.6) is 23.0 Å². The second-order valence-electron chi connectivity index (χ2n) is 8.26. The van der Waals surface area contributed by atoms with Gasteiger partial charge in [-0.05, 0) is 50.2 Å². The van der Waals surface area contributed by atoms with Gasteiger partial charge in [-0.15, -0.1) is 0 Å². The molecule has 0 radical (unpaired) electrons. The molecule has 1 aromatic heterocycles. The van der Waals surface area contributed by atoms with Crippen molar-refractivity contribution in [1.29, 1.82) is 0 Å². The van der Waals surface area contributed by atoms with Gasteiger partial charge in [-0.25, -0.2) is 0 Å². The third-order valence-corrected chi connectivity index (χ3v) is 6.37. The van der Waals surface area contributed by atoms with Crippen LogP contribution in [0.2, 0.25) is 0 Å². The van der Waals surface area contributed by atoms with Gasteiger partial charge in [0.05, 0.1) is 34.0 Å². The molecule has 7 heteroatoms. The average Bonchev–Trinajstić information content (AvgIpc) is 3.24. The standard InChI is InChI=1S/C26H32N2O5/c1-30-19-8-9-20-21(17-28(22(20)16-19)13-12-27-10-6-5-7-11-27)25(29)18-14-23(31-2)26(33-4)24(15-18)32-3/h8-9,14-17H,5-7,10-13H2,1-4H3. The van der Waals surface area contributed by atoms with E-state index in [4.69, 9.17) is 18.9 Å². The van der Waals surface area contributed by atoms with Crippen molar-refractivity contribution in [2.45, 2.75) is 25.8 Å². The van der Waals surface area contributed by atoms with Crippen molar-refractivity contribution in [3.8, 4) is 23.0 Å². The quantitative estimate of drug-likeness (QED) is 0.449. The Morgan fingerprint density at radius 2 is 1.55 bits per heavy atom.